The van der Waals surface area contributed by atoms with Crippen LogP contribution in [0.25, 0.3) is 21.8 Å². The van der Waals surface area contributed by atoms with E-state index in [0.29, 0.717) is 5.52 Å². The quantitative estimate of drug-likeness (QED) is 0.469. The molecule has 0 fully saturated rings. The molecule has 0 aliphatic rings. The van der Waals surface area contributed by atoms with Crippen LogP contribution in [0.5, 0.6) is 11.5 Å². The Morgan fingerprint density at radius 3 is 2.19 bits per heavy atom. The Morgan fingerprint density at radius 2 is 1.52 bits per heavy atom. The fraction of sp³-hybridized carbons (Fsp3) is 0.143. The molecule has 0 amide bonds. The minimum absolute atomic E-state index is 0.0200. The molecule has 2 heterocycles. The second-order valence-corrected chi connectivity index (χ2v) is 6.32. The molecule has 4 rings (SSSR count). The predicted octanol–water partition coefficient (Wildman–Crippen LogP) is 4.57. The van der Waals surface area contributed by atoms with E-state index in [1.807, 2.05) is 42.5 Å². The molecule has 5 nitrogen and oxygen atoms in total. The molecule has 0 bridgehead atoms. The summed E-state index contributed by atoms with van der Waals surface area (Å²) < 4.78 is 5.18. The van der Waals surface area contributed by atoms with Crippen LogP contribution in [0.4, 0.5) is 0 Å². The second kappa shape index (κ2) is 8.79. The van der Waals surface area contributed by atoms with Crippen LogP contribution in [0.2, 0.25) is 0 Å². The lowest BCUT2D eigenvalue weighted by molar-refractivity contribution is 0.283. The summed E-state index contributed by atoms with van der Waals surface area (Å²) >= 11 is 3.39. The van der Waals surface area contributed by atoms with Crippen LogP contribution >= 0.6 is 15.9 Å². The maximum Gasteiger partial charge on any atom is 0.145 e. The van der Waals surface area contributed by atoms with Crippen LogP contribution in [0.15, 0.2) is 60.9 Å². The smallest absolute Gasteiger partial charge is 0.145 e. The monoisotopic (exact) mass is 426 g/mol. The molecule has 0 saturated carbocycles. The molecule has 138 valence electrons. The van der Waals surface area contributed by atoms with E-state index in [2.05, 4.69) is 25.9 Å². The van der Waals surface area contributed by atoms with Gasteiger partial charge in [-0.3, -0.25) is 9.97 Å². The number of hydrogen-bond donors (Lipinski definition) is 2. The Kier molecular flexibility index (Phi) is 6.21. The first-order valence-corrected chi connectivity index (χ1v) is 9.44. The largest absolute Gasteiger partial charge is 0.506 e. The van der Waals surface area contributed by atoms with Crippen molar-refractivity contribution in [3.63, 3.8) is 0 Å². The van der Waals surface area contributed by atoms with E-state index >= 15 is 0 Å². The summed E-state index contributed by atoms with van der Waals surface area (Å²) in [5.41, 5.74) is 3.47. The minimum atomic E-state index is 0.0200. The van der Waals surface area contributed by atoms with Gasteiger partial charge in [0, 0.05) is 28.5 Å². The first kappa shape index (κ1) is 19.1. The SMILES string of the molecule is COc1cccc2c(CO)ccnc12.Oc1cccc2c(CBr)ccnc12. The van der Waals surface area contributed by atoms with Gasteiger partial charge in [0.1, 0.15) is 22.5 Å². The molecule has 2 N–H and O–H groups in total. The Balaban J connectivity index is 0.000000156. The Bertz CT molecular complexity index is 1030. The average Bonchev–Trinajstić information content (AvgIpc) is 2.73. The van der Waals surface area contributed by atoms with Crippen molar-refractivity contribution in [3.05, 3.63) is 72.1 Å². The number of halogens is 1. The number of aromatic hydroxyl groups is 1. The first-order chi connectivity index (χ1) is 13.2. The number of rotatable bonds is 3. The molecule has 0 radical (unpaired) electrons. The van der Waals surface area contributed by atoms with Crippen molar-refractivity contribution in [1.82, 2.24) is 9.97 Å². The van der Waals surface area contributed by atoms with E-state index in [9.17, 15) is 5.11 Å². The summed E-state index contributed by atoms with van der Waals surface area (Å²) in [5, 5.41) is 21.4. The summed E-state index contributed by atoms with van der Waals surface area (Å²) in [7, 11) is 1.61. The highest BCUT2D eigenvalue weighted by Crippen LogP contribution is 2.26. The number of pyridine rings is 2. The number of ether oxygens (including phenoxy) is 1. The molecular weight excluding hydrogens is 408 g/mol. The van der Waals surface area contributed by atoms with Crippen LogP contribution < -0.4 is 4.74 Å². The molecule has 0 unspecified atom stereocenters. The van der Waals surface area contributed by atoms with Gasteiger partial charge in [0.2, 0.25) is 0 Å². The van der Waals surface area contributed by atoms with E-state index in [4.69, 9.17) is 9.84 Å². The van der Waals surface area contributed by atoms with Crippen molar-refractivity contribution < 1.29 is 14.9 Å². The van der Waals surface area contributed by atoms with Crippen LogP contribution in [0, 0.1) is 0 Å². The molecule has 0 aliphatic carbocycles. The Morgan fingerprint density at radius 1 is 0.889 bits per heavy atom. The van der Waals surface area contributed by atoms with Crippen molar-refractivity contribution in [1.29, 1.82) is 0 Å². The summed E-state index contributed by atoms with van der Waals surface area (Å²) in [5.74, 6) is 0.970. The molecule has 0 atom stereocenters. The van der Waals surface area contributed by atoms with Crippen molar-refractivity contribution in [2.45, 2.75) is 11.9 Å². The Hall–Kier alpha value is -2.70. The van der Waals surface area contributed by atoms with Gasteiger partial charge in [0.25, 0.3) is 0 Å². The second-order valence-electron chi connectivity index (χ2n) is 5.76. The molecule has 2 aromatic carbocycles. The lowest BCUT2D eigenvalue weighted by Gasteiger charge is -2.06. The van der Waals surface area contributed by atoms with E-state index in [1.54, 1.807) is 25.6 Å². The molecule has 2 aromatic heterocycles. The van der Waals surface area contributed by atoms with Gasteiger partial charge in [0.15, 0.2) is 0 Å². The van der Waals surface area contributed by atoms with Crippen molar-refractivity contribution in [2.75, 3.05) is 7.11 Å². The number of methoxy groups -OCH3 is 1. The average molecular weight is 427 g/mol. The number of phenolic OH excluding ortho intramolecular Hbond substituents is 1. The van der Waals surface area contributed by atoms with Crippen LogP contribution in [0.3, 0.4) is 0 Å². The number of hydrogen-bond acceptors (Lipinski definition) is 5. The van der Waals surface area contributed by atoms with Gasteiger partial charge >= 0.3 is 0 Å². The molecule has 27 heavy (non-hydrogen) atoms. The van der Waals surface area contributed by atoms with Gasteiger partial charge < -0.3 is 14.9 Å². The molecule has 0 spiro atoms. The highest BCUT2D eigenvalue weighted by atomic mass is 79.9. The van der Waals surface area contributed by atoms with Gasteiger partial charge in [-0.1, -0.05) is 40.2 Å². The zero-order chi connectivity index (χ0) is 19.2. The number of alkyl halides is 1. The summed E-state index contributed by atoms with van der Waals surface area (Å²) in [6.45, 7) is 0.0200. The number of nitrogens with zero attached hydrogens (tertiary/aromatic N) is 2. The minimum Gasteiger partial charge on any atom is -0.506 e. The van der Waals surface area contributed by atoms with E-state index in [0.717, 1.165) is 38.5 Å². The third-order valence-electron chi connectivity index (χ3n) is 4.20. The first-order valence-electron chi connectivity index (χ1n) is 8.32. The third kappa shape index (κ3) is 4.02. The predicted molar refractivity (Wildman–Crippen MR) is 110 cm³/mol. The van der Waals surface area contributed by atoms with Gasteiger partial charge in [-0.25, -0.2) is 0 Å². The highest BCUT2D eigenvalue weighted by molar-refractivity contribution is 9.08. The zero-order valence-electron chi connectivity index (χ0n) is 14.8. The third-order valence-corrected chi connectivity index (χ3v) is 4.80. The van der Waals surface area contributed by atoms with Crippen molar-refractivity contribution >= 4 is 37.7 Å². The summed E-state index contributed by atoms with van der Waals surface area (Å²) in [6.07, 6.45) is 3.38. The van der Waals surface area contributed by atoms with Crippen molar-refractivity contribution in [2.24, 2.45) is 0 Å². The molecule has 0 aliphatic heterocycles. The molecule has 0 saturated heterocycles. The van der Waals surface area contributed by atoms with E-state index in [1.165, 1.54) is 0 Å². The topological polar surface area (TPSA) is 75.5 Å². The van der Waals surface area contributed by atoms with Crippen LogP contribution in [0.1, 0.15) is 11.1 Å². The van der Waals surface area contributed by atoms with Crippen LogP contribution in [-0.2, 0) is 11.9 Å². The molecular formula is C21H19BrN2O3. The Labute approximate surface area is 165 Å². The number of phenols is 1. The van der Waals surface area contributed by atoms with Gasteiger partial charge in [-0.2, -0.15) is 0 Å². The number of aliphatic hydroxyl groups is 1. The zero-order valence-corrected chi connectivity index (χ0v) is 16.3. The maximum absolute atomic E-state index is 9.51. The summed E-state index contributed by atoms with van der Waals surface area (Å²) in [4.78, 5) is 8.34. The number of aromatic nitrogens is 2. The lowest BCUT2D eigenvalue weighted by atomic mass is 10.1. The number of aliphatic hydroxyl groups excluding tert-OH is 1. The fourth-order valence-electron chi connectivity index (χ4n) is 2.84. The number of para-hydroxylation sites is 2. The molecule has 6 heteroatoms. The van der Waals surface area contributed by atoms with Gasteiger partial charge in [-0.05, 0) is 35.4 Å². The molecule has 4 aromatic rings. The van der Waals surface area contributed by atoms with Crippen LogP contribution in [-0.4, -0.2) is 27.3 Å². The van der Waals surface area contributed by atoms with E-state index in [-0.39, 0.29) is 12.4 Å². The lowest BCUT2D eigenvalue weighted by Crippen LogP contribution is -1.91. The van der Waals surface area contributed by atoms with E-state index < -0.39 is 0 Å². The summed E-state index contributed by atoms with van der Waals surface area (Å²) in [6, 6.07) is 14.9. The fourth-order valence-corrected chi connectivity index (χ4v) is 3.33. The van der Waals surface area contributed by atoms with Gasteiger partial charge in [-0.15, -0.1) is 0 Å². The van der Waals surface area contributed by atoms with Crippen molar-refractivity contribution in [3.8, 4) is 11.5 Å². The number of fused-ring (bicyclic) bond motifs is 2. The highest BCUT2D eigenvalue weighted by Gasteiger charge is 2.05. The number of benzene rings is 2. The standard InChI is InChI=1S/C11H11NO2.C10H8BrNO/c1-14-10-4-2-3-9-8(7-13)5-6-12-11(9)10;11-6-7-4-5-12-10-8(7)2-1-3-9(10)13/h2-6,13H,7H2,1H3;1-5,13H,6H2. The van der Waals surface area contributed by atoms with Gasteiger partial charge in [0.05, 0.1) is 13.7 Å². The normalized spacial score (nSPS) is 10.5. The maximum atomic E-state index is 9.51.